The van der Waals surface area contributed by atoms with Gasteiger partial charge in [0.2, 0.25) is 5.91 Å². The Morgan fingerprint density at radius 1 is 1.13 bits per heavy atom. The predicted molar refractivity (Wildman–Crippen MR) is 95.8 cm³/mol. The fraction of sp³-hybridized carbons (Fsp3) is 0.250. The van der Waals surface area contributed by atoms with Crippen molar-refractivity contribution in [3.05, 3.63) is 65.7 Å². The van der Waals surface area contributed by atoms with Crippen LogP contribution < -0.4 is 10.1 Å². The van der Waals surface area contributed by atoms with E-state index in [1.54, 1.807) is 6.08 Å². The molecule has 1 N–H and O–H groups in total. The van der Waals surface area contributed by atoms with Gasteiger partial charge in [0.15, 0.2) is 0 Å². The van der Waals surface area contributed by atoms with E-state index >= 15 is 0 Å². The third-order valence-electron chi connectivity index (χ3n) is 3.47. The predicted octanol–water partition coefficient (Wildman–Crippen LogP) is 4.86. The van der Waals surface area contributed by atoms with E-state index < -0.39 is 0 Å². The van der Waals surface area contributed by atoms with Gasteiger partial charge in [-0.05, 0) is 36.6 Å². The first kappa shape index (κ1) is 16.8. The van der Waals surface area contributed by atoms with Crippen LogP contribution in [0.5, 0.6) is 5.75 Å². The van der Waals surface area contributed by atoms with Crippen LogP contribution in [0.25, 0.3) is 6.08 Å². The van der Waals surface area contributed by atoms with E-state index in [2.05, 4.69) is 19.2 Å². The lowest BCUT2D eigenvalue weighted by molar-refractivity contribution is -0.111. The van der Waals surface area contributed by atoms with Crippen LogP contribution in [0.3, 0.4) is 0 Å². The summed E-state index contributed by atoms with van der Waals surface area (Å²) in [5, 5.41) is 2.95. The van der Waals surface area contributed by atoms with Crippen molar-refractivity contribution in [2.45, 2.75) is 26.7 Å². The molecule has 3 heteroatoms. The molecule has 0 unspecified atom stereocenters. The van der Waals surface area contributed by atoms with Gasteiger partial charge in [0.1, 0.15) is 5.75 Å². The van der Waals surface area contributed by atoms with Crippen molar-refractivity contribution in [3.63, 3.8) is 0 Å². The summed E-state index contributed by atoms with van der Waals surface area (Å²) in [6, 6.07) is 15.5. The highest BCUT2D eigenvalue weighted by Gasteiger charge is 2.07. The minimum absolute atomic E-state index is 0.149. The fourth-order valence-corrected chi connectivity index (χ4v) is 2.36. The number of benzene rings is 2. The fourth-order valence-electron chi connectivity index (χ4n) is 2.36. The van der Waals surface area contributed by atoms with Gasteiger partial charge in [-0.15, -0.1) is 0 Å². The first-order valence-electron chi connectivity index (χ1n) is 7.91. The second kappa shape index (κ2) is 8.18. The molecule has 0 aliphatic rings. The van der Waals surface area contributed by atoms with Gasteiger partial charge < -0.3 is 10.1 Å². The third-order valence-corrected chi connectivity index (χ3v) is 3.47. The molecule has 0 aliphatic heterocycles. The highest BCUT2D eigenvalue weighted by atomic mass is 16.5. The van der Waals surface area contributed by atoms with Crippen LogP contribution in [0.1, 0.15) is 37.8 Å². The topological polar surface area (TPSA) is 38.3 Å². The second-order valence-corrected chi connectivity index (χ2v) is 5.54. The summed E-state index contributed by atoms with van der Waals surface area (Å²) >= 11 is 0. The van der Waals surface area contributed by atoms with Gasteiger partial charge in [0.05, 0.1) is 6.61 Å². The Morgan fingerprint density at radius 2 is 1.83 bits per heavy atom. The average Bonchev–Trinajstić information content (AvgIpc) is 2.54. The van der Waals surface area contributed by atoms with Gasteiger partial charge in [0, 0.05) is 17.3 Å². The summed E-state index contributed by atoms with van der Waals surface area (Å²) in [6.07, 6.45) is 3.31. The molecule has 0 fully saturated rings. The van der Waals surface area contributed by atoms with Crippen LogP contribution in [-0.2, 0) is 4.79 Å². The van der Waals surface area contributed by atoms with Crippen molar-refractivity contribution in [2.24, 2.45) is 0 Å². The van der Waals surface area contributed by atoms with Crippen LogP contribution in [0.15, 0.2) is 54.6 Å². The lowest BCUT2D eigenvalue weighted by Crippen LogP contribution is -2.10. The van der Waals surface area contributed by atoms with Crippen molar-refractivity contribution in [3.8, 4) is 5.75 Å². The molecular weight excluding hydrogens is 286 g/mol. The molecule has 2 rings (SSSR count). The Hall–Kier alpha value is -2.55. The number of anilines is 1. The monoisotopic (exact) mass is 309 g/mol. The second-order valence-electron chi connectivity index (χ2n) is 5.54. The van der Waals surface area contributed by atoms with E-state index in [1.807, 2.05) is 55.5 Å². The van der Waals surface area contributed by atoms with Gasteiger partial charge >= 0.3 is 0 Å². The van der Waals surface area contributed by atoms with Crippen LogP contribution >= 0.6 is 0 Å². The highest BCUT2D eigenvalue weighted by molar-refractivity contribution is 6.02. The number of ether oxygens (including phenoxy) is 1. The summed E-state index contributed by atoms with van der Waals surface area (Å²) < 4.78 is 5.56. The molecule has 0 aromatic heterocycles. The Labute approximate surface area is 138 Å². The molecule has 23 heavy (non-hydrogen) atoms. The van der Waals surface area contributed by atoms with Gasteiger partial charge in [-0.25, -0.2) is 0 Å². The van der Waals surface area contributed by atoms with Gasteiger partial charge in [-0.1, -0.05) is 50.2 Å². The van der Waals surface area contributed by atoms with E-state index in [0.717, 1.165) is 22.6 Å². The maximum Gasteiger partial charge on any atom is 0.248 e. The zero-order valence-electron chi connectivity index (χ0n) is 13.9. The van der Waals surface area contributed by atoms with Crippen LogP contribution in [0, 0.1) is 0 Å². The Morgan fingerprint density at radius 3 is 2.57 bits per heavy atom. The number of hydrogen-bond donors (Lipinski definition) is 1. The minimum Gasteiger partial charge on any atom is -0.493 e. The summed E-state index contributed by atoms with van der Waals surface area (Å²) in [6.45, 7) is 6.76. The maximum absolute atomic E-state index is 12.2. The zero-order valence-corrected chi connectivity index (χ0v) is 13.9. The maximum atomic E-state index is 12.2. The number of carbonyl (C=O) groups excluding carboxylic acids is 1. The summed E-state index contributed by atoms with van der Waals surface area (Å²) in [5.41, 5.74) is 2.88. The molecule has 0 radical (unpaired) electrons. The molecule has 0 aliphatic carbocycles. The zero-order chi connectivity index (χ0) is 16.7. The van der Waals surface area contributed by atoms with Crippen molar-refractivity contribution in [2.75, 3.05) is 11.9 Å². The number of carbonyl (C=O) groups is 1. The number of para-hydroxylation sites is 2. The molecule has 0 saturated carbocycles. The van der Waals surface area contributed by atoms with Gasteiger partial charge in [-0.2, -0.15) is 0 Å². The van der Waals surface area contributed by atoms with Crippen molar-refractivity contribution < 1.29 is 9.53 Å². The van der Waals surface area contributed by atoms with Crippen LogP contribution in [-0.4, -0.2) is 12.5 Å². The molecule has 2 aromatic rings. The van der Waals surface area contributed by atoms with E-state index in [0.29, 0.717) is 12.5 Å². The van der Waals surface area contributed by atoms with E-state index in [-0.39, 0.29) is 5.91 Å². The quantitative estimate of drug-likeness (QED) is 0.774. The van der Waals surface area contributed by atoms with E-state index in [4.69, 9.17) is 4.74 Å². The summed E-state index contributed by atoms with van der Waals surface area (Å²) in [5.74, 6) is 0.986. The van der Waals surface area contributed by atoms with Crippen molar-refractivity contribution in [1.29, 1.82) is 0 Å². The normalized spacial score (nSPS) is 11.0. The molecule has 0 spiro atoms. The lowest BCUT2D eigenvalue weighted by atomic mass is 10.0. The van der Waals surface area contributed by atoms with Crippen LogP contribution in [0.4, 0.5) is 5.69 Å². The van der Waals surface area contributed by atoms with Crippen molar-refractivity contribution in [1.82, 2.24) is 0 Å². The SMILES string of the molecule is CCOc1ccccc1/C=C/C(=O)Nc1ccccc1C(C)C. The molecular formula is C20H23NO2. The van der Waals surface area contributed by atoms with Gasteiger partial charge in [0.25, 0.3) is 0 Å². The largest absolute Gasteiger partial charge is 0.493 e. The molecule has 1 amide bonds. The Balaban J connectivity index is 2.11. The molecule has 0 saturated heterocycles. The van der Waals surface area contributed by atoms with E-state index in [1.165, 1.54) is 6.08 Å². The summed E-state index contributed by atoms with van der Waals surface area (Å²) in [7, 11) is 0. The number of rotatable bonds is 6. The van der Waals surface area contributed by atoms with Crippen LogP contribution in [0.2, 0.25) is 0 Å². The highest BCUT2D eigenvalue weighted by Crippen LogP contribution is 2.24. The molecule has 0 bridgehead atoms. The Bertz CT molecular complexity index is 690. The number of amides is 1. The standard InChI is InChI=1S/C20H23NO2/c1-4-23-19-12-8-5-9-16(19)13-14-20(22)21-18-11-7-6-10-17(18)15(2)3/h5-15H,4H2,1-3H3,(H,21,22)/b14-13+. The Kier molecular flexibility index (Phi) is 5.98. The first-order valence-corrected chi connectivity index (χ1v) is 7.91. The molecule has 2 aromatic carbocycles. The third kappa shape index (κ3) is 4.71. The van der Waals surface area contributed by atoms with E-state index in [9.17, 15) is 4.79 Å². The minimum atomic E-state index is -0.149. The molecule has 120 valence electrons. The van der Waals surface area contributed by atoms with Crippen molar-refractivity contribution >= 4 is 17.7 Å². The molecule has 0 atom stereocenters. The van der Waals surface area contributed by atoms with Gasteiger partial charge in [-0.3, -0.25) is 4.79 Å². The first-order chi connectivity index (χ1) is 11.1. The number of hydrogen-bond acceptors (Lipinski definition) is 2. The average molecular weight is 309 g/mol. The summed E-state index contributed by atoms with van der Waals surface area (Å²) in [4.78, 5) is 12.2. The smallest absolute Gasteiger partial charge is 0.248 e. The lowest BCUT2D eigenvalue weighted by Gasteiger charge is -2.12. The molecule has 0 heterocycles. The molecule has 3 nitrogen and oxygen atoms in total. The number of nitrogens with one attached hydrogen (secondary N) is 1.